The van der Waals surface area contributed by atoms with Gasteiger partial charge in [0, 0.05) is 58.9 Å². The molecule has 0 aliphatic carbocycles. The molecule has 7 nitrogen and oxygen atoms in total. The topological polar surface area (TPSA) is 48.5 Å². The highest BCUT2D eigenvalue weighted by Gasteiger charge is 2.26. The van der Waals surface area contributed by atoms with Crippen molar-refractivity contribution in [3.8, 4) is 11.5 Å². The highest BCUT2D eigenvalue weighted by molar-refractivity contribution is 5.78. The molecule has 184 valence electrons. The largest absolute Gasteiger partial charge is 0.493 e. The molecule has 2 aliphatic heterocycles. The number of hydrogen-bond acceptors (Lipinski definition) is 6. The van der Waals surface area contributed by atoms with Crippen LogP contribution in [-0.2, 0) is 11.3 Å². The van der Waals surface area contributed by atoms with Crippen molar-refractivity contribution in [3.63, 3.8) is 0 Å². The van der Waals surface area contributed by atoms with Gasteiger partial charge in [0.05, 0.1) is 26.5 Å². The van der Waals surface area contributed by atoms with Gasteiger partial charge in [-0.3, -0.25) is 14.6 Å². The van der Waals surface area contributed by atoms with Gasteiger partial charge in [-0.15, -0.1) is 0 Å². The number of amides is 1. The Hall–Kier alpha value is -2.84. The van der Waals surface area contributed by atoms with Crippen LogP contribution in [0.25, 0.3) is 0 Å². The highest BCUT2D eigenvalue weighted by Crippen LogP contribution is 2.31. The van der Waals surface area contributed by atoms with Gasteiger partial charge in [-0.25, -0.2) is 4.39 Å². The minimum Gasteiger partial charge on any atom is -0.493 e. The van der Waals surface area contributed by atoms with Crippen LogP contribution in [0.5, 0.6) is 11.5 Å². The summed E-state index contributed by atoms with van der Waals surface area (Å²) in [6.07, 6.45) is 0. The number of para-hydroxylation sites is 1. The van der Waals surface area contributed by atoms with E-state index in [2.05, 4.69) is 21.6 Å². The molecule has 2 heterocycles. The van der Waals surface area contributed by atoms with Crippen LogP contribution in [0.4, 0.5) is 10.1 Å². The van der Waals surface area contributed by atoms with Crippen LogP contribution in [-0.4, -0.2) is 93.7 Å². The molecule has 2 aromatic rings. The lowest BCUT2D eigenvalue weighted by molar-refractivity contribution is -0.134. The number of anilines is 1. The van der Waals surface area contributed by atoms with Crippen molar-refractivity contribution < 1.29 is 18.7 Å². The molecule has 0 radical (unpaired) electrons. The maximum absolute atomic E-state index is 14.1. The van der Waals surface area contributed by atoms with Gasteiger partial charge in [0.2, 0.25) is 5.91 Å². The van der Waals surface area contributed by atoms with Gasteiger partial charge in [0.1, 0.15) is 5.82 Å². The van der Waals surface area contributed by atoms with Gasteiger partial charge in [-0.1, -0.05) is 12.1 Å². The Labute approximate surface area is 201 Å². The quantitative estimate of drug-likeness (QED) is 0.620. The molecule has 0 spiro atoms. The van der Waals surface area contributed by atoms with E-state index in [4.69, 9.17) is 9.47 Å². The minimum atomic E-state index is -0.187. The smallest absolute Gasteiger partial charge is 0.236 e. The molecule has 0 N–H and O–H groups in total. The van der Waals surface area contributed by atoms with E-state index in [1.165, 1.54) is 17.2 Å². The number of nitrogens with zero attached hydrogens (tertiary/aromatic N) is 4. The predicted molar refractivity (Wildman–Crippen MR) is 131 cm³/mol. The van der Waals surface area contributed by atoms with Gasteiger partial charge in [0.25, 0.3) is 0 Å². The van der Waals surface area contributed by atoms with E-state index in [1.807, 2.05) is 29.2 Å². The maximum Gasteiger partial charge on any atom is 0.236 e. The van der Waals surface area contributed by atoms with Crippen molar-refractivity contribution in [2.45, 2.75) is 13.5 Å². The molecule has 34 heavy (non-hydrogen) atoms. The molecule has 0 saturated carbocycles. The Kier molecular flexibility index (Phi) is 7.90. The molecule has 8 heteroatoms. The lowest BCUT2D eigenvalue weighted by Crippen LogP contribution is -2.53. The second kappa shape index (κ2) is 11.1. The molecule has 0 aromatic heterocycles. The number of methoxy groups -OCH3 is 2. The lowest BCUT2D eigenvalue weighted by Gasteiger charge is -2.38. The van der Waals surface area contributed by atoms with Crippen molar-refractivity contribution in [2.75, 3.05) is 78.0 Å². The number of benzene rings is 2. The Morgan fingerprint density at radius 3 is 2.15 bits per heavy atom. The summed E-state index contributed by atoms with van der Waals surface area (Å²) in [5.74, 6) is 1.48. The number of ether oxygens (including phenoxy) is 2. The zero-order valence-electron chi connectivity index (χ0n) is 20.4. The van der Waals surface area contributed by atoms with E-state index in [0.717, 1.165) is 70.4 Å². The number of halogens is 1. The molecular weight excluding hydrogens is 435 g/mol. The van der Waals surface area contributed by atoms with Crippen LogP contribution in [0, 0.1) is 12.7 Å². The molecule has 0 atom stereocenters. The second-order valence-electron chi connectivity index (χ2n) is 9.01. The van der Waals surface area contributed by atoms with Crippen LogP contribution in [0.2, 0.25) is 0 Å². The first-order chi connectivity index (χ1) is 16.5. The summed E-state index contributed by atoms with van der Waals surface area (Å²) in [5, 5.41) is 0. The van der Waals surface area contributed by atoms with E-state index in [0.29, 0.717) is 12.2 Å². The van der Waals surface area contributed by atoms with Crippen LogP contribution < -0.4 is 14.4 Å². The third-order valence-corrected chi connectivity index (χ3v) is 6.89. The van der Waals surface area contributed by atoms with Gasteiger partial charge in [0.15, 0.2) is 11.5 Å². The van der Waals surface area contributed by atoms with E-state index < -0.39 is 0 Å². The van der Waals surface area contributed by atoms with Crippen LogP contribution in [0.15, 0.2) is 36.4 Å². The number of carbonyl (C=O) groups is 1. The number of hydrogen-bond donors (Lipinski definition) is 0. The fourth-order valence-electron chi connectivity index (χ4n) is 4.74. The number of rotatable bonds is 7. The molecule has 4 rings (SSSR count). The average Bonchev–Trinajstić information content (AvgIpc) is 2.86. The second-order valence-corrected chi connectivity index (χ2v) is 9.01. The van der Waals surface area contributed by atoms with Crippen LogP contribution in [0.1, 0.15) is 11.1 Å². The SMILES string of the molecule is COc1cc(C)c(CN2CCN(C(=O)CN3CCN(c4ccccc4F)CC3)CC2)cc1OC. The molecule has 0 bridgehead atoms. The minimum absolute atomic E-state index is 0.182. The van der Waals surface area contributed by atoms with Gasteiger partial charge in [-0.05, 0) is 42.3 Å². The predicted octanol–water partition coefficient (Wildman–Crippen LogP) is 2.62. The average molecular weight is 471 g/mol. The molecule has 2 fully saturated rings. The summed E-state index contributed by atoms with van der Waals surface area (Å²) in [6.45, 7) is 9.49. The van der Waals surface area contributed by atoms with Crippen molar-refractivity contribution in [3.05, 3.63) is 53.3 Å². The monoisotopic (exact) mass is 470 g/mol. The maximum atomic E-state index is 14.1. The Morgan fingerprint density at radius 2 is 1.50 bits per heavy atom. The zero-order chi connectivity index (χ0) is 24.1. The molecular formula is C26H35FN4O3. The van der Waals surface area contributed by atoms with Crippen molar-refractivity contribution in [1.82, 2.24) is 14.7 Å². The number of aryl methyl sites for hydroxylation is 1. The summed E-state index contributed by atoms with van der Waals surface area (Å²) in [4.78, 5) is 21.5. The van der Waals surface area contributed by atoms with Gasteiger partial charge >= 0.3 is 0 Å². The summed E-state index contributed by atoms with van der Waals surface area (Å²) < 4.78 is 24.9. The first-order valence-electron chi connectivity index (χ1n) is 11.9. The Morgan fingerprint density at radius 1 is 0.882 bits per heavy atom. The molecule has 2 aliphatic rings. The van der Waals surface area contributed by atoms with Crippen molar-refractivity contribution >= 4 is 11.6 Å². The Bertz CT molecular complexity index is 986. The fraction of sp³-hybridized carbons (Fsp3) is 0.500. The lowest BCUT2D eigenvalue weighted by atomic mass is 10.1. The highest BCUT2D eigenvalue weighted by atomic mass is 19.1. The van der Waals surface area contributed by atoms with E-state index in [9.17, 15) is 9.18 Å². The molecule has 0 unspecified atom stereocenters. The number of piperazine rings is 2. The first-order valence-corrected chi connectivity index (χ1v) is 11.9. The van der Waals surface area contributed by atoms with E-state index >= 15 is 0 Å². The summed E-state index contributed by atoms with van der Waals surface area (Å²) >= 11 is 0. The van der Waals surface area contributed by atoms with Crippen molar-refractivity contribution in [2.24, 2.45) is 0 Å². The van der Waals surface area contributed by atoms with E-state index in [-0.39, 0.29) is 11.7 Å². The fourth-order valence-corrected chi connectivity index (χ4v) is 4.74. The standard InChI is InChI=1S/C26H35FN4O3/c1-20-16-24(33-2)25(34-3)17-21(20)18-28-10-14-31(15-11-28)26(32)19-29-8-12-30(13-9-29)23-7-5-4-6-22(23)27/h4-7,16-17H,8-15,18-19H2,1-3H3. The van der Waals surface area contributed by atoms with E-state index in [1.54, 1.807) is 20.3 Å². The molecule has 1 amide bonds. The van der Waals surface area contributed by atoms with Gasteiger partial charge < -0.3 is 19.3 Å². The van der Waals surface area contributed by atoms with Crippen LogP contribution in [0.3, 0.4) is 0 Å². The zero-order valence-corrected chi connectivity index (χ0v) is 20.4. The normalized spacial score (nSPS) is 17.6. The van der Waals surface area contributed by atoms with Crippen molar-refractivity contribution in [1.29, 1.82) is 0 Å². The summed E-state index contributed by atoms with van der Waals surface area (Å²) in [6, 6.07) is 11.0. The molecule has 2 aromatic carbocycles. The first kappa shape index (κ1) is 24.3. The summed E-state index contributed by atoms with van der Waals surface area (Å²) in [5.41, 5.74) is 3.03. The third kappa shape index (κ3) is 5.62. The third-order valence-electron chi connectivity index (χ3n) is 6.89. The molecule has 2 saturated heterocycles. The van der Waals surface area contributed by atoms with Gasteiger partial charge in [-0.2, -0.15) is 0 Å². The number of carbonyl (C=O) groups excluding carboxylic acids is 1. The summed E-state index contributed by atoms with van der Waals surface area (Å²) in [7, 11) is 3.30. The van der Waals surface area contributed by atoms with Crippen LogP contribution >= 0.6 is 0 Å². The Balaban J connectivity index is 1.23.